The van der Waals surface area contributed by atoms with E-state index in [-0.39, 0.29) is 6.61 Å². The van der Waals surface area contributed by atoms with E-state index in [4.69, 9.17) is 10.2 Å². The predicted octanol–water partition coefficient (Wildman–Crippen LogP) is 1.17. The minimum absolute atomic E-state index is 0.139. The van der Waals surface area contributed by atoms with E-state index in [1.165, 1.54) is 26.2 Å². The Labute approximate surface area is 93.2 Å². The van der Waals surface area contributed by atoms with Crippen LogP contribution in [0.1, 0.15) is 26.2 Å². The zero-order chi connectivity index (χ0) is 11.7. The highest BCUT2D eigenvalue weighted by atomic mass is 16.3. The maximum absolute atomic E-state index is 8.11. The van der Waals surface area contributed by atoms with E-state index in [1.54, 1.807) is 0 Å². The van der Waals surface area contributed by atoms with E-state index in [0.717, 1.165) is 11.8 Å². The number of hydrogen-bond donors (Lipinski definition) is 3. The van der Waals surface area contributed by atoms with Crippen molar-refractivity contribution in [1.29, 1.82) is 0 Å². The molecule has 0 amide bonds. The van der Waals surface area contributed by atoms with Crippen molar-refractivity contribution in [1.82, 2.24) is 5.32 Å². The van der Waals surface area contributed by atoms with Gasteiger partial charge < -0.3 is 15.5 Å². The molecule has 0 saturated heterocycles. The Hall–Kier alpha value is -0.380. The summed E-state index contributed by atoms with van der Waals surface area (Å²) in [5, 5.41) is 18.8. The SMILES string of the molecule is C1=CC2CCC1C2.CC(O)CO.CNC. The Bertz CT molecular complexity index is 157. The van der Waals surface area contributed by atoms with Gasteiger partial charge in [0, 0.05) is 0 Å². The minimum atomic E-state index is -0.560. The van der Waals surface area contributed by atoms with Crippen molar-refractivity contribution < 1.29 is 10.2 Å². The number of allylic oxidation sites excluding steroid dienone is 2. The van der Waals surface area contributed by atoms with Crippen LogP contribution in [0.4, 0.5) is 0 Å². The number of aliphatic hydroxyl groups is 2. The summed E-state index contributed by atoms with van der Waals surface area (Å²) in [5.74, 6) is 1.98. The van der Waals surface area contributed by atoms with Crippen molar-refractivity contribution in [2.24, 2.45) is 11.8 Å². The van der Waals surface area contributed by atoms with E-state index in [9.17, 15) is 0 Å². The predicted molar refractivity (Wildman–Crippen MR) is 63.7 cm³/mol. The summed E-state index contributed by atoms with van der Waals surface area (Å²) in [4.78, 5) is 0. The third-order valence-corrected chi connectivity index (χ3v) is 2.43. The van der Waals surface area contributed by atoms with Gasteiger partial charge in [0.1, 0.15) is 0 Å². The van der Waals surface area contributed by atoms with Crippen LogP contribution in [0.15, 0.2) is 12.2 Å². The van der Waals surface area contributed by atoms with Crippen molar-refractivity contribution in [3.8, 4) is 0 Å². The lowest BCUT2D eigenvalue weighted by Crippen LogP contribution is -2.03. The van der Waals surface area contributed by atoms with E-state index >= 15 is 0 Å². The lowest BCUT2D eigenvalue weighted by Gasteiger charge is -1.96. The van der Waals surface area contributed by atoms with Crippen LogP contribution in [0, 0.1) is 11.8 Å². The number of fused-ring (bicyclic) bond motifs is 2. The van der Waals surface area contributed by atoms with Crippen LogP contribution in [0.2, 0.25) is 0 Å². The van der Waals surface area contributed by atoms with Gasteiger partial charge in [0.05, 0.1) is 12.7 Å². The lowest BCUT2D eigenvalue weighted by atomic mass is 10.1. The molecule has 0 aromatic rings. The first-order valence-electron chi connectivity index (χ1n) is 5.69. The molecule has 3 N–H and O–H groups in total. The number of rotatable bonds is 1. The molecule has 1 fully saturated rings. The molecule has 0 aliphatic heterocycles. The fraction of sp³-hybridized carbons (Fsp3) is 0.833. The summed E-state index contributed by atoms with van der Waals surface area (Å²) in [6.45, 7) is 1.39. The fourth-order valence-corrected chi connectivity index (χ4v) is 1.72. The van der Waals surface area contributed by atoms with Gasteiger partial charge in [-0.3, -0.25) is 0 Å². The lowest BCUT2D eigenvalue weighted by molar-refractivity contribution is 0.110. The molecule has 3 nitrogen and oxygen atoms in total. The quantitative estimate of drug-likeness (QED) is 0.576. The monoisotopic (exact) mass is 215 g/mol. The molecule has 3 atom stereocenters. The number of hydrogen-bond acceptors (Lipinski definition) is 3. The highest BCUT2D eigenvalue weighted by molar-refractivity contribution is 5.06. The average Bonchev–Trinajstić information content (AvgIpc) is 2.83. The van der Waals surface area contributed by atoms with Gasteiger partial charge in [0.15, 0.2) is 0 Å². The molecule has 2 bridgehead atoms. The normalized spacial score (nSPS) is 27.5. The third-order valence-electron chi connectivity index (χ3n) is 2.43. The second-order valence-electron chi connectivity index (χ2n) is 4.25. The standard InChI is InChI=1S/C7H10.C3H8O2.C2H7N/c1-2-7-4-3-6(1)5-7;1-3(5)2-4;1-3-2/h1-2,6-7H,3-5H2;3-5H,2H2,1H3;3H,1-2H3. The maximum atomic E-state index is 8.11. The highest BCUT2D eigenvalue weighted by Gasteiger charge is 2.25. The third kappa shape index (κ3) is 7.54. The average molecular weight is 215 g/mol. The van der Waals surface area contributed by atoms with E-state index in [0.29, 0.717) is 0 Å². The molecule has 0 radical (unpaired) electrons. The van der Waals surface area contributed by atoms with Crippen LogP contribution < -0.4 is 5.32 Å². The van der Waals surface area contributed by atoms with E-state index < -0.39 is 6.10 Å². The maximum Gasteiger partial charge on any atom is 0.0742 e. The fourth-order valence-electron chi connectivity index (χ4n) is 1.72. The zero-order valence-electron chi connectivity index (χ0n) is 10.1. The molecule has 0 aromatic heterocycles. The molecular weight excluding hydrogens is 190 g/mol. The summed E-state index contributed by atoms with van der Waals surface area (Å²) in [6.07, 6.45) is 8.63. The molecule has 0 spiro atoms. The molecule has 2 aliphatic carbocycles. The molecule has 90 valence electrons. The second-order valence-corrected chi connectivity index (χ2v) is 4.25. The van der Waals surface area contributed by atoms with Crippen LogP contribution in [0.25, 0.3) is 0 Å². The van der Waals surface area contributed by atoms with Crippen molar-refractivity contribution in [2.75, 3.05) is 20.7 Å². The molecule has 1 saturated carbocycles. The van der Waals surface area contributed by atoms with Crippen LogP contribution in [-0.4, -0.2) is 37.0 Å². The molecule has 0 aromatic carbocycles. The van der Waals surface area contributed by atoms with Gasteiger partial charge >= 0.3 is 0 Å². The summed E-state index contributed by atoms with van der Waals surface area (Å²) >= 11 is 0. The van der Waals surface area contributed by atoms with Crippen molar-refractivity contribution >= 4 is 0 Å². The van der Waals surface area contributed by atoms with Crippen molar-refractivity contribution in [3.63, 3.8) is 0 Å². The largest absolute Gasteiger partial charge is 0.394 e. The zero-order valence-corrected chi connectivity index (χ0v) is 10.1. The Morgan fingerprint density at radius 3 is 1.67 bits per heavy atom. The molecular formula is C12H25NO2. The minimum Gasteiger partial charge on any atom is -0.394 e. The summed E-state index contributed by atoms with van der Waals surface area (Å²) in [7, 11) is 3.75. The molecule has 3 unspecified atom stereocenters. The van der Waals surface area contributed by atoms with E-state index in [2.05, 4.69) is 17.5 Å². The topological polar surface area (TPSA) is 52.5 Å². The Balaban J connectivity index is 0.000000219. The van der Waals surface area contributed by atoms with Crippen molar-refractivity contribution in [2.45, 2.75) is 32.3 Å². The van der Waals surface area contributed by atoms with Crippen LogP contribution >= 0.6 is 0 Å². The first-order valence-corrected chi connectivity index (χ1v) is 5.69. The van der Waals surface area contributed by atoms with Crippen molar-refractivity contribution in [3.05, 3.63) is 12.2 Å². The van der Waals surface area contributed by atoms with E-state index in [1.807, 2.05) is 14.1 Å². The Morgan fingerprint density at radius 1 is 1.27 bits per heavy atom. The Kier molecular flexibility index (Phi) is 8.67. The van der Waals surface area contributed by atoms with Crippen LogP contribution in [0.3, 0.4) is 0 Å². The smallest absolute Gasteiger partial charge is 0.0742 e. The Morgan fingerprint density at radius 2 is 1.60 bits per heavy atom. The van der Waals surface area contributed by atoms with Crippen LogP contribution in [-0.2, 0) is 0 Å². The molecule has 2 rings (SSSR count). The first-order chi connectivity index (χ1) is 7.13. The molecule has 0 heterocycles. The highest BCUT2D eigenvalue weighted by Crippen LogP contribution is 2.38. The number of nitrogens with one attached hydrogen (secondary N) is 1. The second kappa shape index (κ2) is 8.89. The van der Waals surface area contributed by atoms with Gasteiger partial charge in [-0.05, 0) is 52.1 Å². The van der Waals surface area contributed by atoms with Gasteiger partial charge in [0.2, 0.25) is 0 Å². The number of aliphatic hydroxyl groups excluding tert-OH is 2. The van der Waals surface area contributed by atoms with Crippen LogP contribution in [0.5, 0.6) is 0 Å². The summed E-state index contributed by atoms with van der Waals surface area (Å²) in [6, 6.07) is 0. The summed E-state index contributed by atoms with van der Waals surface area (Å²) in [5.41, 5.74) is 0. The van der Waals surface area contributed by atoms with Gasteiger partial charge in [0.25, 0.3) is 0 Å². The molecule has 2 aliphatic rings. The van der Waals surface area contributed by atoms with Gasteiger partial charge in [-0.25, -0.2) is 0 Å². The first kappa shape index (κ1) is 14.6. The van der Waals surface area contributed by atoms with Gasteiger partial charge in [-0.15, -0.1) is 0 Å². The molecule has 3 heteroatoms. The van der Waals surface area contributed by atoms with Gasteiger partial charge in [-0.2, -0.15) is 0 Å². The molecule has 15 heavy (non-hydrogen) atoms. The summed E-state index contributed by atoms with van der Waals surface area (Å²) < 4.78 is 0. The van der Waals surface area contributed by atoms with Gasteiger partial charge in [-0.1, -0.05) is 12.2 Å².